The molecule has 2 aliphatic rings. The van der Waals surface area contributed by atoms with Gasteiger partial charge in [0.2, 0.25) is 0 Å². The Balaban J connectivity index is 1.33. The molecule has 2 aromatic carbocycles. The van der Waals surface area contributed by atoms with E-state index < -0.39 is 0 Å². The molecule has 2 N–H and O–H groups in total. The highest BCUT2D eigenvalue weighted by Gasteiger charge is 2.42. The fourth-order valence-corrected chi connectivity index (χ4v) is 5.53. The van der Waals surface area contributed by atoms with E-state index in [1.165, 1.54) is 0 Å². The fraction of sp³-hybridized carbons (Fsp3) is 0.500. The third kappa shape index (κ3) is 5.61. The molecule has 4 rings (SSSR count). The first kappa shape index (κ1) is 24.3. The Morgan fingerprint density at radius 2 is 1.50 bits per heavy atom. The molecule has 0 aliphatic carbocycles. The Labute approximate surface area is 203 Å². The number of nitrogens with zero attached hydrogens (tertiary/aromatic N) is 2. The van der Waals surface area contributed by atoms with Gasteiger partial charge in [-0.2, -0.15) is 0 Å². The van der Waals surface area contributed by atoms with Crippen molar-refractivity contribution in [1.82, 2.24) is 20.4 Å². The molecule has 0 radical (unpaired) electrons. The molecule has 2 unspecified atom stereocenters. The molecule has 2 aromatic rings. The van der Waals surface area contributed by atoms with Crippen LogP contribution in [-0.2, 0) is 0 Å². The summed E-state index contributed by atoms with van der Waals surface area (Å²) in [5.74, 6) is 1.24. The molecule has 3 amide bonds. The van der Waals surface area contributed by atoms with Gasteiger partial charge in [-0.15, -0.1) is 0 Å². The van der Waals surface area contributed by atoms with E-state index in [0.717, 1.165) is 61.4 Å². The molecule has 2 heterocycles. The molecule has 0 aromatic heterocycles. The summed E-state index contributed by atoms with van der Waals surface area (Å²) < 4.78 is 0. The van der Waals surface area contributed by atoms with Crippen molar-refractivity contribution in [3.63, 3.8) is 0 Å². The SMILES string of the molecule is Cc1cccc(C)c1C(=O)N1CC2CN(CCC(NC(=O)NC(C)C)c3ccccc3)C[C@H]2C1. The highest BCUT2D eigenvalue weighted by atomic mass is 16.2. The van der Waals surface area contributed by atoms with Gasteiger partial charge in [0.05, 0.1) is 6.04 Å². The summed E-state index contributed by atoms with van der Waals surface area (Å²) >= 11 is 0. The van der Waals surface area contributed by atoms with Gasteiger partial charge < -0.3 is 20.4 Å². The van der Waals surface area contributed by atoms with E-state index in [1.54, 1.807) is 0 Å². The van der Waals surface area contributed by atoms with Crippen LogP contribution in [0.25, 0.3) is 0 Å². The number of rotatable bonds is 7. The Bertz CT molecular complexity index is 972. The number of hydrogen-bond donors (Lipinski definition) is 2. The smallest absolute Gasteiger partial charge is 0.315 e. The molecule has 6 heteroatoms. The number of benzene rings is 2. The van der Waals surface area contributed by atoms with E-state index in [1.807, 2.05) is 64.1 Å². The number of carbonyl (C=O) groups excluding carboxylic acids is 2. The Morgan fingerprint density at radius 1 is 0.882 bits per heavy atom. The number of hydrogen-bond acceptors (Lipinski definition) is 3. The maximum Gasteiger partial charge on any atom is 0.315 e. The summed E-state index contributed by atoms with van der Waals surface area (Å²) in [6.45, 7) is 12.6. The predicted molar refractivity (Wildman–Crippen MR) is 136 cm³/mol. The summed E-state index contributed by atoms with van der Waals surface area (Å²) in [5, 5.41) is 6.10. The molecule has 34 heavy (non-hydrogen) atoms. The first-order valence-electron chi connectivity index (χ1n) is 12.5. The van der Waals surface area contributed by atoms with Crippen molar-refractivity contribution < 1.29 is 9.59 Å². The molecular formula is C28H38N4O2. The van der Waals surface area contributed by atoms with Gasteiger partial charge in [0.15, 0.2) is 0 Å². The number of carbonyl (C=O) groups is 2. The molecule has 0 spiro atoms. The molecule has 2 fully saturated rings. The third-order valence-corrected chi connectivity index (χ3v) is 7.21. The fourth-order valence-electron chi connectivity index (χ4n) is 5.53. The monoisotopic (exact) mass is 462 g/mol. The number of urea groups is 1. The Kier molecular flexibility index (Phi) is 7.57. The second-order valence-electron chi connectivity index (χ2n) is 10.3. The summed E-state index contributed by atoms with van der Waals surface area (Å²) in [5.41, 5.74) is 4.12. The standard InChI is InChI=1S/C28H38N4O2/c1-19(2)29-28(34)30-25(22-11-6-5-7-12-22)13-14-31-15-23-17-32(18-24(23)16-31)27(33)26-20(3)9-8-10-21(26)4/h5-12,19,23-25H,13-18H2,1-4H3,(H2,29,30,34)/t23-,24?,25?/m0/s1. The zero-order chi connectivity index (χ0) is 24.2. The van der Waals surface area contributed by atoms with Crippen molar-refractivity contribution >= 4 is 11.9 Å². The van der Waals surface area contributed by atoms with Gasteiger partial charge in [-0.05, 0) is 62.6 Å². The normalized spacial score (nSPS) is 20.9. The largest absolute Gasteiger partial charge is 0.338 e. The second kappa shape index (κ2) is 10.6. The van der Waals surface area contributed by atoms with E-state index in [2.05, 4.69) is 32.6 Å². The molecular weight excluding hydrogens is 424 g/mol. The van der Waals surface area contributed by atoms with Crippen LogP contribution < -0.4 is 10.6 Å². The lowest BCUT2D eigenvalue weighted by atomic mass is 10.0. The first-order valence-corrected chi connectivity index (χ1v) is 12.5. The molecule has 2 aliphatic heterocycles. The Morgan fingerprint density at radius 3 is 2.09 bits per heavy atom. The van der Waals surface area contributed by atoms with Crippen LogP contribution in [0, 0.1) is 25.7 Å². The zero-order valence-electron chi connectivity index (χ0n) is 20.9. The van der Waals surface area contributed by atoms with Crippen LogP contribution in [0.1, 0.15) is 53.4 Å². The van der Waals surface area contributed by atoms with Crippen LogP contribution in [0.5, 0.6) is 0 Å². The number of nitrogens with one attached hydrogen (secondary N) is 2. The molecule has 6 nitrogen and oxygen atoms in total. The van der Waals surface area contributed by atoms with Gasteiger partial charge in [0.1, 0.15) is 0 Å². The van der Waals surface area contributed by atoms with Gasteiger partial charge in [-0.1, -0.05) is 48.5 Å². The van der Waals surface area contributed by atoms with Crippen molar-refractivity contribution in [2.24, 2.45) is 11.8 Å². The Hall–Kier alpha value is -2.86. The van der Waals surface area contributed by atoms with E-state index in [0.29, 0.717) is 11.8 Å². The number of amides is 3. The highest BCUT2D eigenvalue weighted by molar-refractivity contribution is 5.97. The highest BCUT2D eigenvalue weighted by Crippen LogP contribution is 2.33. The average molecular weight is 463 g/mol. The minimum atomic E-state index is -0.122. The molecule has 2 saturated heterocycles. The molecule has 3 atom stereocenters. The van der Waals surface area contributed by atoms with Crippen LogP contribution in [0.15, 0.2) is 48.5 Å². The topological polar surface area (TPSA) is 64.7 Å². The summed E-state index contributed by atoms with van der Waals surface area (Å²) in [4.78, 5) is 30.2. The summed E-state index contributed by atoms with van der Waals surface area (Å²) in [6.07, 6.45) is 0.861. The minimum absolute atomic E-state index is 0.0255. The van der Waals surface area contributed by atoms with Gasteiger partial charge in [-0.25, -0.2) is 4.79 Å². The maximum absolute atomic E-state index is 13.2. The van der Waals surface area contributed by atoms with E-state index in [4.69, 9.17) is 0 Å². The van der Waals surface area contributed by atoms with Crippen LogP contribution in [0.4, 0.5) is 4.79 Å². The van der Waals surface area contributed by atoms with E-state index in [-0.39, 0.29) is 24.0 Å². The van der Waals surface area contributed by atoms with Crippen molar-refractivity contribution in [3.05, 3.63) is 70.8 Å². The van der Waals surface area contributed by atoms with Crippen molar-refractivity contribution in [2.75, 3.05) is 32.7 Å². The average Bonchev–Trinajstić information content (AvgIpc) is 3.35. The van der Waals surface area contributed by atoms with E-state index >= 15 is 0 Å². The van der Waals surface area contributed by atoms with Gasteiger partial charge in [0.25, 0.3) is 5.91 Å². The maximum atomic E-state index is 13.2. The summed E-state index contributed by atoms with van der Waals surface area (Å²) in [7, 11) is 0. The van der Waals surface area contributed by atoms with Crippen molar-refractivity contribution in [1.29, 1.82) is 0 Å². The third-order valence-electron chi connectivity index (χ3n) is 7.21. The van der Waals surface area contributed by atoms with Gasteiger partial charge in [-0.3, -0.25) is 4.79 Å². The molecule has 182 valence electrons. The van der Waals surface area contributed by atoms with Gasteiger partial charge >= 0.3 is 6.03 Å². The number of aryl methyl sites for hydroxylation is 2. The lowest BCUT2D eigenvalue weighted by Crippen LogP contribution is -2.42. The zero-order valence-corrected chi connectivity index (χ0v) is 20.9. The van der Waals surface area contributed by atoms with Crippen molar-refractivity contribution in [2.45, 2.75) is 46.2 Å². The first-order chi connectivity index (χ1) is 16.3. The van der Waals surface area contributed by atoms with Crippen molar-refractivity contribution in [3.8, 4) is 0 Å². The van der Waals surface area contributed by atoms with Crippen LogP contribution in [0.3, 0.4) is 0 Å². The second-order valence-corrected chi connectivity index (χ2v) is 10.3. The molecule has 0 saturated carbocycles. The van der Waals surface area contributed by atoms with Crippen LogP contribution in [-0.4, -0.2) is 60.5 Å². The molecule has 0 bridgehead atoms. The van der Waals surface area contributed by atoms with Crippen LogP contribution >= 0.6 is 0 Å². The lowest BCUT2D eigenvalue weighted by Gasteiger charge is -2.25. The quantitative estimate of drug-likeness (QED) is 0.650. The predicted octanol–water partition coefficient (Wildman–Crippen LogP) is 4.15. The van der Waals surface area contributed by atoms with E-state index in [9.17, 15) is 9.59 Å². The summed E-state index contributed by atoms with van der Waals surface area (Å²) in [6, 6.07) is 16.2. The lowest BCUT2D eigenvalue weighted by molar-refractivity contribution is 0.0772. The number of fused-ring (bicyclic) bond motifs is 1. The number of likely N-dealkylation sites (tertiary alicyclic amines) is 2. The van der Waals surface area contributed by atoms with Crippen LogP contribution in [0.2, 0.25) is 0 Å². The van der Waals surface area contributed by atoms with Gasteiger partial charge in [0, 0.05) is 44.3 Å². The minimum Gasteiger partial charge on any atom is -0.338 e.